The van der Waals surface area contributed by atoms with Crippen LogP contribution in [0.4, 0.5) is 0 Å². The summed E-state index contributed by atoms with van der Waals surface area (Å²) in [6.07, 6.45) is 2.77. The average Bonchev–Trinajstić information content (AvgIpc) is 3.21. The highest BCUT2D eigenvalue weighted by Crippen LogP contribution is 2.32. The number of sulfonamides is 1. The van der Waals surface area contributed by atoms with Gasteiger partial charge in [-0.05, 0) is 50.1 Å². The van der Waals surface area contributed by atoms with Crippen molar-refractivity contribution in [2.24, 2.45) is 5.92 Å². The number of piperidine rings is 1. The monoisotopic (exact) mass is 426 g/mol. The summed E-state index contributed by atoms with van der Waals surface area (Å²) in [4.78, 5) is 12.5. The summed E-state index contributed by atoms with van der Waals surface area (Å²) in [7, 11) is -3.84. The van der Waals surface area contributed by atoms with Crippen molar-refractivity contribution in [2.45, 2.75) is 31.2 Å². The number of hydrogen-bond acceptors (Lipinski definition) is 5. The number of nitrogens with zero attached hydrogens (tertiary/aromatic N) is 1. The normalized spacial score (nSPS) is 18.0. The van der Waals surface area contributed by atoms with Crippen molar-refractivity contribution in [2.75, 3.05) is 19.7 Å². The molecule has 0 spiro atoms. The Kier molecular flexibility index (Phi) is 6.64. The molecule has 1 aliphatic heterocycles. The minimum Gasteiger partial charge on any atom is -0.492 e. The molecular weight excluding hydrogens is 404 g/mol. The van der Waals surface area contributed by atoms with E-state index in [0.29, 0.717) is 36.8 Å². The molecule has 0 saturated carbocycles. The topological polar surface area (TPSA) is 88.9 Å². The van der Waals surface area contributed by atoms with E-state index in [1.165, 1.54) is 16.6 Å². The molecule has 2 aromatic rings. The number of nitrogens with one attached hydrogen (secondary N) is 1. The van der Waals surface area contributed by atoms with Gasteiger partial charge in [0.1, 0.15) is 16.4 Å². The van der Waals surface area contributed by atoms with E-state index in [-0.39, 0.29) is 29.6 Å². The first-order chi connectivity index (χ1) is 13.4. The van der Waals surface area contributed by atoms with Crippen LogP contribution < -0.4 is 10.1 Å². The highest BCUT2D eigenvalue weighted by atomic mass is 35.5. The van der Waals surface area contributed by atoms with Gasteiger partial charge in [-0.3, -0.25) is 4.79 Å². The van der Waals surface area contributed by atoms with Crippen molar-refractivity contribution in [1.29, 1.82) is 0 Å². The van der Waals surface area contributed by atoms with Crippen LogP contribution in [0.1, 0.15) is 25.5 Å². The SMILES string of the molecule is CCOc1ccc(Cl)cc1S(=O)(=O)N1CCCC(C(=O)NCc2ccco2)C1. The first-order valence-electron chi connectivity index (χ1n) is 9.14. The zero-order valence-corrected chi connectivity index (χ0v) is 17.1. The summed E-state index contributed by atoms with van der Waals surface area (Å²) < 4.78 is 38.4. The highest BCUT2D eigenvalue weighted by molar-refractivity contribution is 7.89. The van der Waals surface area contributed by atoms with Gasteiger partial charge in [-0.2, -0.15) is 4.31 Å². The van der Waals surface area contributed by atoms with E-state index in [4.69, 9.17) is 20.8 Å². The summed E-state index contributed by atoms with van der Waals surface area (Å²) >= 11 is 6.02. The van der Waals surface area contributed by atoms with E-state index in [0.717, 1.165) is 0 Å². The maximum atomic E-state index is 13.2. The number of carbonyl (C=O) groups is 1. The van der Waals surface area contributed by atoms with Crippen LogP contribution in [0.5, 0.6) is 5.75 Å². The molecule has 0 aliphatic carbocycles. The Hall–Kier alpha value is -2.03. The molecule has 1 aromatic carbocycles. The first-order valence-corrected chi connectivity index (χ1v) is 11.0. The second kappa shape index (κ2) is 8.98. The zero-order chi connectivity index (χ0) is 20.1. The molecule has 1 aromatic heterocycles. The molecule has 152 valence electrons. The lowest BCUT2D eigenvalue weighted by Gasteiger charge is -2.31. The van der Waals surface area contributed by atoms with Crippen molar-refractivity contribution < 1.29 is 22.4 Å². The molecule has 0 radical (unpaired) electrons. The van der Waals surface area contributed by atoms with Gasteiger partial charge in [0.2, 0.25) is 15.9 Å². The maximum Gasteiger partial charge on any atom is 0.246 e. The second-order valence-corrected chi connectivity index (χ2v) is 8.87. The predicted octanol–water partition coefficient (Wildman–Crippen LogP) is 3.05. The van der Waals surface area contributed by atoms with Crippen molar-refractivity contribution in [3.63, 3.8) is 0 Å². The Bertz CT molecular complexity index is 914. The molecular formula is C19H23ClN2O5S. The van der Waals surface area contributed by atoms with Crippen LogP contribution in [0.15, 0.2) is 45.9 Å². The van der Waals surface area contributed by atoms with Crippen molar-refractivity contribution in [3.8, 4) is 5.75 Å². The number of benzene rings is 1. The lowest BCUT2D eigenvalue weighted by atomic mass is 9.99. The fourth-order valence-corrected chi connectivity index (χ4v) is 5.12. The molecule has 1 aliphatic rings. The number of furan rings is 1. The quantitative estimate of drug-likeness (QED) is 0.735. The Morgan fingerprint density at radius 1 is 1.39 bits per heavy atom. The Labute approximate surface area is 169 Å². The number of ether oxygens (including phenoxy) is 1. The van der Waals surface area contributed by atoms with Crippen LogP contribution in [0.25, 0.3) is 0 Å². The van der Waals surface area contributed by atoms with Gasteiger partial charge in [0.05, 0.1) is 25.3 Å². The lowest BCUT2D eigenvalue weighted by Crippen LogP contribution is -2.45. The van der Waals surface area contributed by atoms with E-state index in [9.17, 15) is 13.2 Å². The van der Waals surface area contributed by atoms with Crippen molar-refractivity contribution in [1.82, 2.24) is 9.62 Å². The van der Waals surface area contributed by atoms with Crippen LogP contribution in [-0.4, -0.2) is 38.3 Å². The Morgan fingerprint density at radius 2 is 2.21 bits per heavy atom. The van der Waals surface area contributed by atoms with Gasteiger partial charge in [0, 0.05) is 18.1 Å². The summed E-state index contributed by atoms with van der Waals surface area (Å²) in [5.74, 6) is 0.297. The number of amides is 1. The summed E-state index contributed by atoms with van der Waals surface area (Å²) in [6, 6.07) is 8.05. The first kappa shape index (κ1) is 20.7. The molecule has 1 fully saturated rings. The molecule has 1 saturated heterocycles. The molecule has 3 rings (SSSR count). The molecule has 1 unspecified atom stereocenters. The third kappa shape index (κ3) is 4.68. The van der Waals surface area contributed by atoms with E-state index in [1.54, 1.807) is 31.2 Å². The number of hydrogen-bond donors (Lipinski definition) is 1. The molecule has 9 heteroatoms. The largest absolute Gasteiger partial charge is 0.492 e. The van der Waals surface area contributed by atoms with Gasteiger partial charge in [0.25, 0.3) is 0 Å². The third-order valence-corrected chi connectivity index (χ3v) is 6.72. The fraction of sp³-hybridized carbons (Fsp3) is 0.421. The van der Waals surface area contributed by atoms with Crippen LogP contribution in [-0.2, 0) is 21.4 Å². The molecule has 2 heterocycles. The summed E-state index contributed by atoms with van der Waals surface area (Å²) in [5.41, 5.74) is 0. The predicted molar refractivity (Wildman–Crippen MR) is 105 cm³/mol. The molecule has 28 heavy (non-hydrogen) atoms. The van der Waals surface area contributed by atoms with Gasteiger partial charge >= 0.3 is 0 Å². The molecule has 1 amide bonds. The van der Waals surface area contributed by atoms with E-state index in [1.807, 2.05) is 0 Å². The number of rotatable bonds is 7. The van der Waals surface area contributed by atoms with E-state index >= 15 is 0 Å². The number of halogens is 1. The van der Waals surface area contributed by atoms with Gasteiger partial charge in [0.15, 0.2) is 0 Å². The van der Waals surface area contributed by atoms with Crippen molar-refractivity contribution in [3.05, 3.63) is 47.4 Å². The Balaban J connectivity index is 1.74. The van der Waals surface area contributed by atoms with Gasteiger partial charge < -0.3 is 14.5 Å². The molecule has 0 bridgehead atoms. The summed E-state index contributed by atoms with van der Waals surface area (Å²) in [5, 5.41) is 3.12. The summed E-state index contributed by atoms with van der Waals surface area (Å²) in [6.45, 7) is 2.86. The minimum absolute atomic E-state index is 0.0264. The Morgan fingerprint density at radius 3 is 2.93 bits per heavy atom. The molecule has 1 N–H and O–H groups in total. The zero-order valence-electron chi connectivity index (χ0n) is 15.6. The lowest BCUT2D eigenvalue weighted by molar-refractivity contribution is -0.126. The fourth-order valence-electron chi connectivity index (χ4n) is 3.20. The van der Waals surface area contributed by atoms with Gasteiger partial charge in [-0.1, -0.05) is 11.6 Å². The van der Waals surface area contributed by atoms with E-state index < -0.39 is 15.9 Å². The third-order valence-electron chi connectivity index (χ3n) is 4.60. The van der Waals surface area contributed by atoms with Crippen molar-refractivity contribution >= 4 is 27.5 Å². The maximum absolute atomic E-state index is 13.2. The van der Waals surface area contributed by atoms with Crippen LogP contribution in [0, 0.1) is 5.92 Å². The highest BCUT2D eigenvalue weighted by Gasteiger charge is 2.35. The number of carbonyl (C=O) groups excluding carboxylic acids is 1. The molecule has 1 atom stereocenters. The van der Waals surface area contributed by atoms with Gasteiger partial charge in [-0.15, -0.1) is 0 Å². The molecule has 7 nitrogen and oxygen atoms in total. The smallest absolute Gasteiger partial charge is 0.246 e. The standard InChI is InChI=1S/C19H23ClN2O5S/c1-2-26-17-8-7-15(20)11-18(17)28(24,25)22-9-3-5-14(13-22)19(23)21-12-16-6-4-10-27-16/h4,6-8,10-11,14H,2-3,5,9,12-13H2,1H3,(H,21,23). The minimum atomic E-state index is -3.84. The second-order valence-electron chi connectivity index (χ2n) is 6.52. The van der Waals surface area contributed by atoms with Crippen LogP contribution in [0.2, 0.25) is 5.02 Å². The van der Waals surface area contributed by atoms with E-state index in [2.05, 4.69) is 5.32 Å². The van der Waals surface area contributed by atoms with Gasteiger partial charge in [-0.25, -0.2) is 8.42 Å². The average molecular weight is 427 g/mol. The van der Waals surface area contributed by atoms with Crippen LogP contribution >= 0.6 is 11.6 Å². The van der Waals surface area contributed by atoms with Crippen LogP contribution in [0.3, 0.4) is 0 Å².